The number of aromatic hydroxyl groups is 1. The third-order valence-electron chi connectivity index (χ3n) is 17.2. The minimum atomic E-state index is -1.81. The Labute approximate surface area is 616 Å². The number of phenolic OH excluding ortho intramolecular Hbond substituents is 1. The van der Waals surface area contributed by atoms with E-state index in [2.05, 4.69) is 63.5 Å². The second-order valence-electron chi connectivity index (χ2n) is 25.5. The molecule has 572 valence electrons. The van der Waals surface area contributed by atoms with Crippen molar-refractivity contribution in [2.75, 3.05) is 37.7 Å². The summed E-state index contributed by atoms with van der Waals surface area (Å²) >= 11 is 0. The van der Waals surface area contributed by atoms with Gasteiger partial charge < -0.3 is 102 Å². The quantitative estimate of drug-likeness (QED) is 0.0144. The molecule has 2 saturated heterocycles. The molecule has 4 aromatic rings. The summed E-state index contributed by atoms with van der Waals surface area (Å²) in [7, 11) is 1.63. The number of nitrogens with zero attached hydrogens (tertiary/aromatic N) is 2. The fourth-order valence-electron chi connectivity index (χ4n) is 11.5. The molecule has 10 atom stereocenters. The van der Waals surface area contributed by atoms with Crippen molar-refractivity contribution in [3.63, 3.8) is 0 Å². The summed E-state index contributed by atoms with van der Waals surface area (Å²) in [6.07, 6.45) is -2.20. The zero-order chi connectivity index (χ0) is 77.7. The van der Waals surface area contributed by atoms with Crippen LogP contribution in [0.25, 0.3) is 10.9 Å². The van der Waals surface area contributed by atoms with Crippen LogP contribution >= 0.6 is 21.6 Å². The number of H-pyrrole nitrogens is 1. The van der Waals surface area contributed by atoms with E-state index in [1.165, 1.54) is 67.4 Å². The van der Waals surface area contributed by atoms with Gasteiger partial charge in [0.05, 0.1) is 11.6 Å². The van der Waals surface area contributed by atoms with Gasteiger partial charge in [0, 0.05) is 99.7 Å². The van der Waals surface area contributed by atoms with E-state index in [1.807, 2.05) is 6.07 Å². The summed E-state index contributed by atoms with van der Waals surface area (Å²) in [5.74, 6) is -16.8. The van der Waals surface area contributed by atoms with Crippen molar-refractivity contribution in [1.29, 1.82) is 10.7 Å². The number of fused-ring (bicyclic) bond motifs is 1. The molecular weight excluding hydrogens is 1420 g/mol. The van der Waals surface area contributed by atoms with E-state index in [9.17, 15) is 82.2 Å². The standard InChI is InChI=1S/C68H90FN19O16S2/c1-35(2)57-67(104)84-48(28-37-7-3-4-8-38(37)31-71)63(100)80-44(9-5-24-77-68(74)75)59(96)76-25-22-54(91)79-45(17-19-53(72)90)60(97)82-49(29-39-32-78-43-16-13-40(69)30-42(39)43)64(101)81-46(18-20-56(93)94)61(98)85-50(58(73)95)33-105-106-34-51(65(102)87-57)86-62(99)47(27-36-11-14-41(89)15-12-36)83-66(103)52-10-6-26-88(52)55(92)21-23-70/h3-4,7-8,11-16,30,32,35,44-52,57,78,89H,5-6,9-10,17-29,33-34,70H2,1-2H3,(H2,72,90)(H2,73,95)(H,76,96)(H,79,91)(H,80,100)(H,81,101)(H,82,97)(H,83,103)(H,84,104)(H,85,98)(H,86,99)(H,87,102)(H,93,94)(H4,74,75,77)/t44-,45+,46-,47-,48-,49-,50-,51-,52-,57-/m0/s1. The van der Waals surface area contributed by atoms with E-state index >= 15 is 4.79 Å². The highest BCUT2D eigenvalue weighted by molar-refractivity contribution is 8.76. The molecule has 0 spiro atoms. The largest absolute Gasteiger partial charge is 0.508 e. The normalized spacial score (nSPS) is 21.9. The van der Waals surface area contributed by atoms with Crippen LogP contribution in [0.5, 0.6) is 5.75 Å². The molecule has 3 aromatic carbocycles. The highest BCUT2D eigenvalue weighted by atomic mass is 33.1. The number of guanidine groups is 1. The second-order valence-corrected chi connectivity index (χ2v) is 28.1. The maximum absolute atomic E-state index is 15.1. The minimum absolute atomic E-state index is 0.00447. The number of aromatic nitrogens is 1. The van der Waals surface area contributed by atoms with Crippen LogP contribution in [0, 0.1) is 28.5 Å². The molecule has 13 amide bonds. The highest BCUT2D eigenvalue weighted by Crippen LogP contribution is 2.26. The molecule has 0 radical (unpaired) electrons. The van der Waals surface area contributed by atoms with Crippen LogP contribution in [0.15, 0.2) is 72.9 Å². The Bertz CT molecular complexity index is 3920. The number of likely N-dealkylation sites (tertiary alicyclic amines) is 1. The number of carboxylic acid groups (broad SMARTS) is 1. The van der Waals surface area contributed by atoms with E-state index < -0.39 is 224 Å². The average molecular weight is 1510 g/mol. The minimum Gasteiger partial charge on any atom is -0.508 e. The molecule has 1 aromatic heterocycles. The van der Waals surface area contributed by atoms with Gasteiger partial charge >= 0.3 is 5.97 Å². The van der Waals surface area contributed by atoms with Crippen molar-refractivity contribution < 1.29 is 81.7 Å². The molecule has 3 heterocycles. The van der Waals surface area contributed by atoms with E-state index in [-0.39, 0.29) is 79.6 Å². The first-order valence-corrected chi connectivity index (χ1v) is 36.6. The summed E-state index contributed by atoms with van der Waals surface area (Å²) in [4.78, 5) is 201. The van der Waals surface area contributed by atoms with Gasteiger partial charge in [-0.15, -0.1) is 0 Å². The summed E-state index contributed by atoms with van der Waals surface area (Å²) in [5, 5.41) is 66.3. The number of carbonyl (C=O) groups is 14. The van der Waals surface area contributed by atoms with Gasteiger partial charge in [0.2, 0.25) is 76.8 Å². The molecule has 2 aliphatic rings. The first-order chi connectivity index (χ1) is 50.4. The molecule has 0 aliphatic carbocycles. The van der Waals surface area contributed by atoms with E-state index in [4.69, 9.17) is 28.3 Å². The summed E-state index contributed by atoms with van der Waals surface area (Å²) < 4.78 is 14.8. The van der Waals surface area contributed by atoms with E-state index in [1.54, 1.807) is 12.1 Å². The van der Waals surface area contributed by atoms with Gasteiger partial charge in [0.1, 0.15) is 72.0 Å². The van der Waals surface area contributed by atoms with Crippen molar-refractivity contribution in [2.45, 2.75) is 158 Å². The zero-order valence-corrected chi connectivity index (χ0v) is 59.9. The Balaban J connectivity index is 1.43. The van der Waals surface area contributed by atoms with Crippen molar-refractivity contribution in [1.82, 2.24) is 68.4 Å². The number of benzene rings is 3. The molecule has 35 nitrogen and oxygen atoms in total. The topological polar surface area (TPSA) is 583 Å². The fourth-order valence-corrected chi connectivity index (χ4v) is 13.9. The zero-order valence-electron chi connectivity index (χ0n) is 58.2. The van der Waals surface area contributed by atoms with Gasteiger partial charge in [-0.2, -0.15) is 5.26 Å². The molecule has 23 N–H and O–H groups in total. The number of nitrogens with one attached hydrogen (secondary N) is 13. The van der Waals surface area contributed by atoms with Crippen LogP contribution in [0.3, 0.4) is 0 Å². The van der Waals surface area contributed by atoms with Crippen molar-refractivity contribution in [2.24, 2.45) is 28.9 Å². The molecule has 0 unspecified atom stereocenters. The van der Waals surface area contributed by atoms with Gasteiger partial charge in [-0.25, -0.2) is 4.39 Å². The van der Waals surface area contributed by atoms with E-state index in [0.29, 0.717) is 17.5 Å². The molecule has 2 fully saturated rings. The van der Waals surface area contributed by atoms with E-state index in [0.717, 1.165) is 33.7 Å². The molecule has 2 aliphatic heterocycles. The van der Waals surface area contributed by atoms with Gasteiger partial charge in [0.15, 0.2) is 5.96 Å². The number of aromatic amines is 1. The van der Waals surface area contributed by atoms with Crippen LogP contribution in [0.2, 0.25) is 0 Å². The Morgan fingerprint density at radius 2 is 1.36 bits per heavy atom. The molecule has 38 heteroatoms. The Morgan fingerprint density at radius 3 is 2.01 bits per heavy atom. The number of primary amides is 2. The third-order valence-corrected chi connectivity index (χ3v) is 19.6. The van der Waals surface area contributed by atoms with Gasteiger partial charge in [0.25, 0.3) is 0 Å². The molecule has 0 saturated carbocycles. The lowest BCUT2D eigenvalue weighted by molar-refractivity contribution is -0.139. The second kappa shape index (κ2) is 41.4. The molecule has 106 heavy (non-hydrogen) atoms. The fraction of sp³-hybridized carbons (Fsp3) is 0.471. The van der Waals surface area contributed by atoms with Gasteiger partial charge in [-0.05, 0) is 97.5 Å². The smallest absolute Gasteiger partial charge is 0.303 e. The number of nitriles is 1. The van der Waals surface area contributed by atoms with Gasteiger partial charge in [-0.1, -0.05) is 65.8 Å². The van der Waals surface area contributed by atoms with Crippen LogP contribution in [-0.2, 0) is 86.4 Å². The SMILES string of the molecule is CC(C)[C@@H]1NC(=O)[C@@H](NC(=O)[C@H](Cc2ccc(O)cc2)NC(=O)[C@@H]2CCCN2C(=O)CCN)CSSC[C@@H](C(N)=O)NC(=O)[C@H](CCC(=O)O)NC(=O)[C@H](Cc2c[nH]c3ccc(F)cc23)NC(=O)[C@@H](CCC(N)=O)NC(=O)CCNC(=O)[C@H](CCCNC(=N)N)NC(=O)[C@H](Cc2ccccc2C#N)NC1=O. The number of phenols is 1. The van der Waals surface area contributed by atoms with Crippen molar-refractivity contribution in [3.05, 3.63) is 101 Å². The number of amides is 13. The van der Waals surface area contributed by atoms with Gasteiger partial charge in [-0.3, -0.25) is 72.5 Å². The van der Waals surface area contributed by atoms with Crippen LogP contribution in [0.1, 0.15) is 100 Å². The first-order valence-electron chi connectivity index (χ1n) is 34.1. The Hall–Kier alpha value is -11.1. The molecule has 6 rings (SSSR count). The summed E-state index contributed by atoms with van der Waals surface area (Å²) in [6, 6.07) is 1.64. The lowest BCUT2D eigenvalue weighted by Crippen LogP contribution is -2.61. The maximum atomic E-state index is 15.1. The van der Waals surface area contributed by atoms with Crippen molar-refractivity contribution >= 4 is 121 Å². The number of rotatable bonds is 24. The molecular formula is C68H90FN19O16S2. The average Bonchev–Trinajstić information content (AvgIpc) is 1.65. The number of carboxylic acids is 1. The number of hydrogen-bond donors (Lipinski definition) is 19. The number of carbonyl (C=O) groups excluding carboxylic acids is 13. The summed E-state index contributed by atoms with van der Waals surface area (Å²) in [5.41, 5.74) is 23.9. The number of nitrogens with two attached hydrogens (primary N) is 4. The number of hydrogen-bond acceptors (Lipinski definition) is 20. The lowest BCUT2D eigenvalue weighted by Gasteiger charge is -2.29. The van der Waals surface area contributed by atoms with Crippen LogP contribution in [-0.4, -0.2) is 207 Å². The Morgan fingerprint density at radius 1 is 0.736 bits per heavy atom. The molecule has 0 bridgehead atoms. The number of halogens is 1. The predicted octanol–water partition coefficient (Wildman–Crippen LogP) is -2.95. The van der Waals surface area contributed by atoms with Crippen LogP contribution < -0.4 is 81.4 Å². The Kier molecular flexibility index (Phi) is 32.8. The first kappa shape index (κ1) is 83.9. The maximum Gasteiger partial charge on any atom is 0.303 e. The monoisotopic (exact) mass is 1510 g/mol. The number of aliphatic carboxylic acids is 1. The van der Waals surface area contributed by atoms with Crippen LogP contribution in [0.4, 0.5) is 4.39 Å². The highest BCUT2D eigenvalue weighted by Gasteiger charge is 2.39. The van der Waals surface area contributed by atoms with Crippen molar-refractivity contribution in [3.8, 4) is 11.8 Å². The lowest BCUT2D eigenvalue weighted by atomic mass is 9.98. The summed E-state index contributed by atoms with van der Waals surface area (Å²) in [6.45, 7) is 2.82. The third kappa shape index (κ3) is 26.3. The predicted molar refractivity (Wildman–Crippen MR) is 385 cm³/mol.